The summed E-state index contributed by atoms with van der Waals surface area (Å²) in [7, 11) is -3.76. The van der Waals surface area contributed by atoms with Crippen LogP contribution in [0.25, 0.3) is 0 Å². The number of amides is 1. The van der Waals surface area contributed by atoms with Gasteiger partial charge < -0.3 is 5.32 Å². The normalized spacial score (nSPS) is 16.4. The molecule has 1 amide bonds. The standard InChI is InChI=1S/C25H25BrN2O3S/c1-18-6-2-3-8-20(18)17-27-25(29)16-24-23-9-5-4-7-19(23)14-15-28(24)32(30,31)22-12-10-21(26)11-13-22/h2-13,24H,14-17H2,1H3,(H,27,29)/t24-/m0/s1. The van der Waals surface area contributed by atoms with Gasteiger partial charge >= 0.3 is 0 Å². The van der Waals surface area contributed by atoms with E-state index in [-0.39, 0.29) is 17.2 Å². The molecule has 0 fully saturated rings. The van der Waals surface area contributed by atoms with E-state index in [0.29, 0.717) is 19.5 Å². The highest BCUT2D eigenvalue weighted by atomic mass is 79.9. The fourth-order valence-electron chi connectivity index (χ4n) is 4.12. The summed E-state index contributed by atoms with van der Waals surface area (Å²) in [6.07, 6.45) is 0.686. The van der Waals surface area contributed by atoms with Crippen molar-refractivity contribution in [3.05, 3.63) is 99.5 Å². The van der Waals surface area contributed by atoms with Crippen LogP contribution in [0.2, 0.25) is 0 Å². The molecule has 0 aromatic heterocycles. The minimum atomic E-state index is -3.76. The maximum absolute atomic E-state index is 13.5. The SMILES string of the molecule is Cc1ccccc1CNC(=O)C[C@H]1c2ccccc2CCN1S(=O)(=O)c1ccc(Br)cc1. The number of nitrogens with zero attached hydrogens (tertiary/aromatic N) is 1. The van der Waals surface area contributed by atoms with Gasteiger partial charge in [0, 0.05) is 24.0 Å². The van der Waals surface area contributed by atoms with Gasteiger partial charge in [-0.2, -0.15) is 4.31 Å². The molecule has 32 heavy (non-hydrogen) atoms. The number of carbonyl (C=O) groups is 1. The Morgan fingerprint density at radius 2 is 1.72 bits per heavy atom. The van der Waals surface area contributed by atoms with Crippen LogP contribution in [0, 0.1) is 6.92 Å². The molecule has 0 aliphatic carbocycles. The lowest BCUT2D eigenvalue weighted by molar-refractivity contribution is -0.122. The van der Waals surface area contributed by atoms with E-state index in [2.05, 4.69) is 21.2 Å². The van der Waals surface area contributed by atoms with E-state index < -0.39 is 16.1 Å². The molecule has 0 radical (unpaired) electrons. The highest BCUT2D eigenvalue weighted by Gasteiger charge is 2.37. The number of carbonyl (C=O) groups excluding carboxylic acids is 1. The molecule has 1 atom stereocenters. The summed E-state index contributed by atoms with van der Waals surface area (Å²) in [4.78, 5) is 13.1. The van der Waals surface area contributed by atoms with Gasteiger partial charge in [0.1, 0.15) is 0 Å². The molecule has 1 N–H and O–H groups in total. The number of hydrogen-bond donors (Lipinski definition) is 1. The first-order valence-corrected chi connectivity index (χ1v) is 12.8. The fraction of sp³-hybridized carbons (Fsp3) is 0.240. The van der Waals surface area contributed by atoms with Crippen LogP contribution in [0.3, 0.4) is 0 Å². The zero-order valence-electron chi connectivity index (χ0n) is 17.8. The zero-order chi connectivity index (χ0) is 22.7. The average Bonchev–Trinajstić information content (AvgIpc) is 2.79. The van der Waals surface area contributed by atoms with Gasteiger partial charge in [-0.15, -0.1) is 0 Å². The van der Waals surface area contributed by atoms with Crippen LogP contribution in [0.1, 0.15) is 34.7 Å². The van der Waals surface area contributed by atoms with Crippen LogP contribution in [-0.4, -0.2) is 25.2 Å². The maximum Gasteiger partial charge on any atom is 0.243 e. The largest absolute Gasteiger partial charge is 0.352 e. The zero-order valence-corrected chi connectivity index (χ0v) is 20.2. The molecular formula is C25H25BrN2O3S. The van der Waals surface area contributed by atoms with Gasteiger partial charge in [0.05, 0.1) is 10.9 Å². The number of fused-ring (bicyclic) bond motifs is 1. The van der Waals surface area contributed by atoms with Gasteiger partial charge in [-0.05, 0) is 59.9 Å². The molecule has 0 saturated heterocycles. The van der Waals surface area contributed by atoms with Crippen LogP contribution in [0.5, 0.6) is 0 Å². The predicted molar refractivity (Wildman–Crippen MR) is 129 cm³/mol. The van der Waals surface area contributed by atoms with Crippen LogP contribution in [0.4, 0.5) is 0 Å². The lowest BCUT2D eigenvalue weighted by Gasteiger charge is -2.36. The van der Waals surface area contributed by atoms with Gasteiger partial charge in [-0.3, -0.25) is 4.79 Å². The number of aryl methyl sites for hydroxylation is 1. The van der Waals surface area contributed by atoms with Gasteiger partial charge in [0.2, 0.25) is 15.9 Å². The number of halogens is 1. The average molecular weight is 513 g/mol. The topological polar surface area (TPSA) is 66.5 Å². The second kappa shape index (κ2) is 9.57. The third kappa shape index (κ3) is 4.80. The highest BCUT2D eigenvalue weighted by Crippen LogP contribution is 2.36. The van der Waals surface area contributed by atoms with E-state index in [0.717, 1.165) is 26.7 Å². The van der Waals surface area contributed by atoms with Gasteiger partial charge in [-0.25, -0.2) is 8.42 Å². The van der Waals surface area contributed by atoms with E-state index in [4.69, 9.17) is 0 Å². The Bertz CT molecular complexity index is 1230. The number of sulfonamides is 1. The van der Waals surface area contributed by atoms with Gasteiger partial charge in [0.15, 0.2) is 0 Å². The summed E-state index contributed by atoms with van der Waals surface area (Å²) in [5, 5.41) is 2.97. The summed E-state index contributed by atoms with van der Waals surface area (Å²) >= 11 is 3.35. The molecule has 166 valence electrons. The smallest absolute Gasteiger partial charge is 0.243 e. The van der Waals surface area contributed by atoms with Crippen molar-refractivity contribution >= 4 is 31.9 Å². The van der Waals surface area contributed by atoms with Gasteiger partial charge in [0.25, 0.3) is 0 Å². The van der Waals surface area contributed by atoms with Crippen molar-refractivity contribution in [2.24, 2.45) is 0 Å². The molecule has 1 aliphatic heterocycles. The van der Waals surface area contributed by atoms with Crippen molar-refractivity contribution in [1.29, 1.82) is 0 Å². The first kappa shape index (κ1) is 22.7. The van der Waals surface area contributed by atoms with Crippen LogP contribution >= 0.6 is 15.9 Å². The Hall–Kier alpha value is -2.48. The van der Waals surface area contributed by atoms with E-state index in [1.165, 1.54) is 4.31 Å². The Balaban J connectivity index is 1.60. The molecule has 1 heterocycles. The lowest BCUT2D eigenvalue weighted by atomic mass is 9.92. The summed E-state index contributed by atoms with van der Waals surface area (Å²) < 4.78 is 29.3. The Morgan fingerprint density at radius 3 is 2.47 bits per heavy atom. The number of nitrogens with one attached hydrogen (secondary N) is 1. The first-order valence-electron chi connectivity index (χ1n) is 10.5. The Labute approximate surface area is 197 Å². The molecule has 0 saturated carbocycles. The Kier molecular flexibility index (Phi) is 6.79. The minimum absolute atomic E-state index is 0.0681. The van der Waals surface area contributed by atoms with Crippen LogP contribution < -0.4 is 5.32 Å². The van der Waals surface area contributed by atoms with E-state index >= 15 is 0 Å². The fourth-order valence-corrected chi connectivity index (χ4v) is 5.99. The molecule has 5 nitrogen and oxygen atoms in total. The van der Waals surface area contributed by atoms with Gasteiger partial charge in [-0.1, -0.05) is 64.5 Å². The number of hydrogen-bond acceptors (Lipinski definition) is 3. The molecule has 0 spiro atoms. The van der Waals surface area contributed by atoms with Crippen molar-refractivity contribution in [1.82, 2.24) is 9.62 Å². The van der Waals surface area contributed by atoms with E-state index in [1.54, 1.807) is 24.3 Å². The molecule has 3 aromatic carbocycles. The molecule has 1 aliphatic rings. The van der Waals surface area contributed by atoms with E-state index in [1.807, 2.05) is 55.5 Å². The number of rotatable bonds is 6. The quantitative estimate of drug-likeness (QED) is 0.518. The molecule has 0 bridgehead atoms. The van der Waals surface area contributed by atoms with Crippen molar-refractivity contribution in [2.45, 2.75) is 37.2 Å². The summed E-state index contributed by atoms with van der Waals surface area (Å²) in [5.74, 6) is -0.175. The maximum atomic E-state index is 13.5. The van der Waals surface area contributed by atoms with Crippen molar-refractivity contribution in [3.63, 3.8) is 0 Å². The minimum Gasteiger partial charge on any atom is -0.352 e. The van der Waals surface area contributed by atoms with Crippen molar-refractivity contribution < 1.29 is 13.2 Å². The third-order valence-corrected chi connectivity index (χ3v) is 8.35. The summed E-state index contributed by atoms with van der Waals surface area (Å²) in [5.41, 5.74) is 4.14. The van der Waals surface area contributed by atoms with Crippen LogP contribution in [0.15, 0.2) is 82.2 Å². The molecule has 0 unspecified atom stereocenters. The predicted octanol–water partition coefficient (Wildman–Crippen LogP) is 4.75. The summed E-state index contributed by atoms with van der Waals surface area (Å²) in [6, 6.07) is 21.7. The number of benzene rings is 3. The second-order valence-corrected chi connectivity index (χ2v) is 10.7. The third-order valence-electron chi connectivity index (χ3n) is 5.90. The second-order valence-electron chi connectivity index (χ2n) is 7.94. The Morgan fingerprint density at radius 1 is 1.03 bits per heavy atom. The van der Waals surface area contributed by atoms with Crippen molar-refractivity contribution in [2.75, 3.05) is 6.54 Å². The monoisotopic (exact) mass is 512 g/mol. The highest BCUT2D eigenvalue weighted by molar-refractivity contribution is 9.10. The van der Waals surface area contributed by atoms with E-state index in [9.17, 15) is 13.2 Å². The van der Waals surface area contributed by atoms with Crippen molar-refractivity contribution in [3.8, 4) is 0 Å². The lowest BCUT2D eigenvalue weighted by Crippen LogP contribution is -2.42. The first-order chi connectivity index (χ1) is 15.4. The molecule has 7 heteroatoms. The van der Waals surface area contributed by atoms with Crippen LogP contribution in [-0.2, 0) is 27.8 Å². The molecule has 3 aromatic rings. The molecular weight excluding hydrogens is 488 g/mol. The molecule has 4 rings (SSSR count). The summed E-state index contributed by atoms with van der Waals surface area (Å²) in [6.45, 7) is 2.76.